The molecule has 6 heteroatoms. The number of aromatic nitrogens is 2. The minimum Gasteiger partial charge on any atom is -0.324 e. The van der Waals surface area contributed by atoms with Crippen LogP contribution in [0, 0.1) is 5.41 Å². The van der Waals surface area contributed by atoms with Gasteiger partial charge in [0.2, 0.25) is 5.82 Å². The average Bonchev–Trinajstić information content (AvgIpc) is 2.68. The number of hydrogen-bond acceptors (Lipinski definition) is 2. The van der Waals surface area contributed by atoms with Crippen LogP contribution in [0.15, 0.2) is 0 Å². The summed E-state index contributed by atoms with van der Waals surface area (Å²) in [5, 5.41) is 3.07. The molecule has 1 aliphatic heterocycles. The Morgan fingerprint density at radius 1 is 1.32 bits per heavy atom. The minimum atomic E-state index is -4.39. The summed E-state index contributed by atoms with van der Waals surface area (Å²) >= 11 is 0. The van der Waals surface area contributed by atoms with Gasteiger partial charge in [-0.15, -0.1) is 0 Å². The molecule has 108 valence electrons. The topological polar surface area (TPSA) is 29.9 Å². The highest BCUT2D eigenvalue weighted by Crippen LogP contribution is 2.34. The van der Waals surface area contributed by atoms with E-state index in [9.17, 15) is 13.2 Å². The van der Waals surface area contributed by atoms with Gasteiger partial charge in [-0.05, 0) is 11.8 Å². The standard InChI is InChI=1S/C13H20F3N3/c1-4-12(2,3)8-19-10-5-6-17-7-9(10)18-11(19)13(14,15)16/h17H,4-8H2,1-3H3. The SMILES string of the molecule is CCC(C)(C)Cn1c(C(F)(F)F)nc2c1CCNC2. The average molecular weight is 275 g/mol. The summed E-state index contributed by atoms with van der Waals surface area (Å²) in [6.45, 7) is 7.47. The van der Waals surface area contributed by atoms with Crippen molar-refractivity contribution in [2.24, 2.45) is 5.41 Å². The molecule has 0 aromatic carbocycles. The smallest absolute Gasteiger partial charge is 0.324 e. The zero-order chi connectivity index (χ0) is 14.3. The molecule has 1 aromatic heterocycles. The van der Waals surface area contributed by atoms with Gasteiger partial charge in [-0.3, -0.25) is 0 Å². The van der Waals surface area contributed by atoms with Crippen LogP contribution < -0.4 is 5.32 Å². The lowest BCUT2D eigenvalue weighted by molar-refractivity contribution is -0.147. The maximum absolute atomic E-state index is 13.1. The summed E-state index contributed by atoms with van der Waals surface area (Å²) in [6.07, 6.45) is -2.95. The maximum atomic E-state index is 13.1. The fraction of sp³-hybridized carbons (Fsp3) is 0.769. The molecule has 0 radical (unpaired) electrons. The van der Waals surface area contributed by atoms with E-state index in [1.807, 2.05) is 20.8 Å². The normalized spacial score (nSPS) is 16.5. The lowest BCUT2D eigenvalue weighted by atomic mass is 9.90. The van der Waals surface area contributed by atoms with Crippen LogP contribution in [0.5, 0.6) is 0 Å². The molecule has 3 nitrogen and oxygen atoms in total. The fourth-order valence-corrected chi connectivity index (χ4v) is 2.30. The van der Waals surface area contributed by atoms with E-state index in [4.69, 9.17) is 0 Å². The molecule has 19 heavy (non-hydrogen) atoms. The zero-order valence-electron chi connectivity index (χ0n) is 11.6. The van der Waals surface area contributed by atoms with Gasteiger partial charge in [-0.2, -0.15) is 13.2 Å². The summed E-state index contributed by atoms with van der Waals surface area (Å²) < 4.78 is 40.7. The zero-order valence-corrected chi connectivity index (χ0v) is 11.6. The van der Waals surface area contributed by atoms with Gasteiger partial charge in [0.05, 0.1) is 5.69 Å². The Balaban J connectivity index is 2.46. The number of alkyl halides is 3. The van der Waals surface area contributed by atoms with E-state index in [1.54, 1.807) is 0 Å². The first-order valence-electron chi connectivity index (χ1n) is 6.61. The van der Waals surface area contributed by atoms with Crippen molar-refractivity contribution in [1.29, 1.82) is 0 Å². The second-order valence-electron chi connectivity index (χ2n) is 5.86. The highest BCUT2D eigenvalue weighted by molar-refractivity contribution is 5.22. The number of hydrogen-bond donors (Lipinski definition) is 1. The molecule has 0 amide bonds. The van der Waals surface area contributed by atoms with E-state index >= 15 is 0 Å². The Labute approximate surface area is 111 Å². The number of fused-ring (bicyclic) bond motifs is 1. The molecule has 0 atom stereocenters. The van der Waals surface area contributed by atoms with Gasteiger partial charge in [0.1, 0.15) is 0 Å². The van der Waals surface area contributed by atoms with Crippen LogP contribution in [-0.2, 0) is 25.7 Å². The van der Waals surface area contributed by atoms with Crippen LogP contribution in [-0.4, -0.2) is 16.1 Å². The molecule has 0 saturated carbocycles. The highest BCUT2D eigenvalue weighted by atomic mass is 19.4. The van der Waals surface area contributed by atoms with Crippen molar-refractivity contribution >= 4 is 0 Å². The summed E-state index contributed by atoms with van der Waals surface area (Å²) in [7, 11) is 0. The number of nitrogens with one attached hydrogen (secondary N) is 1. The second-order valence-corrected chi connectivity index (χ2v) is 5.86. The quantitative estimate of drug-likeness (QED) is 0.919. The van der Waals surface area contributed by atoms with Gasteiger partial charge in [-0.25, -0.2) is 4.98 Å². The second kappa shape index (κ2) is 4.81. The van der Waals surface area contributed by atoms with Gasteiger partial charge in [0.15, 0.2) is 0 Å². The molecular formula is C13H20F3N3. The van der Waals surface area contributed by atoms with E-state index in [2.05, 4.69) is 10.3 Å². The molecule has 2 heterocycles. The van der Waals surface area contributed by atoms with Crippen molar-refractivity contribution in [2.45, 2.75) is 52.9 Å². The fourth-order valence-electron chi connectivity index (χ4n) is 2.30. The van der Waals surface area contributed by atoms with Crippen molar-refractivity contribution in [2.75, 3.05) is 6.54 Å². The number of imidazole rings is 1. The highest BCUT2D eigenvalue weighted by Gasteiger charge is 2.40. The third kappa shape index (κ3) is 2.94. The number of nitrogens with zero attached hydrogens (tertiary/aromatic N) is 2. The summed E-state index contributed by atoms with van der Waals surface area (Å²) in [5.41, 5.74) is 1.12. The van der Waals surface area contributed by atoms with Crippen molar-refractivity contribution in [3.63, 3.8) is 0 Å². The van der Waals surface area contributed by atoms with E-state index in [-0.39, 0.29) is 5.41 Å². The molecule has 0 saturated heterocycles. The Morgan fingerprint density at radius 3 is 2.58 bits per heavy atom. The predicted octanol–water partition coefficient (Wildman–Crippen LogP) is 2.98. The summed E-state index contributed by atoms with van der Waals surface area (Å²) in [4.78, 5) is 3.82. The number of halogens is 3. The Morgan fingerprint density at radius 2 is 2.00 bits per heavy atom. The van der Waals surface area contributed by atoms with Crippen molar-refractivity contribution in [3.8, 4) is 0 Å². The summed E-state index contributed by atoms with van der Waals surface area (Å²) in [5.74, 6) is -0.747. The monoisotopic (exact) mass is 275 g/mol. The van der Waals surface area contributed by atoms with Crippen LogP contribution in [0.4, 0.5) is 13.2 Å². The summed E-state index contributed by atoms with van der Waals surface area (Å²) in [6, 6.07) is 0. The van der Waals surface area contributed by atoms with Gasteiger partial charge in [-0.1, -0.05) is 20.8 Å². The van der Waals surface area contributed by atoms with E-state index in [1.165, 1.54) is 4.57 Å². The van der Waals surface area contributed by atoms with Gasteiger partial charge in [0.25, 0.3) is 0 Å². The van der Waals surface area contributed by atoms with Gasteiger partial charge < -0.3 is 9.88 Å². The predicted molar refractivity (Wildman–Crippen MR) is 66.7 cm³/mol. The Hall–Kier alpha value is -1.04. The Bertz CT molecular complexity index is 460. The van der Waals surface area contributed by atoms with Crippen LogP contribution in [0.3, 0.4) is 0 Å². The molecule has 0 aliphatic carbocycles. The first-order valence-corrected chi connectivity index (χ1v) is 6.61. The lowest BCUT2D eigenvalue weighted by Crippen LogP contribution is -2.28. The molecule has 1 N–H and O–H groups in total. The molecule has 1 aromatic rings. The van der Waals surface area contributed by atoms with Crippen molar-refractivity contribution in [3.05, 3.63) is 17.2 Å². The first kappa shape index (κ1) is 14.4. The first-order chi connectivity index (χ1) is 8.74. The van der Waals surface area contributed by atoms with Crippen LogP contribution in [0.1, 0.15) is 44.4 Å². The Kier molecular flexibility index (Phi) is 3.64. The largest absolute Gasteiger partial charge is 0.449 e. The molecule has 0 spiro atoms. The van der Waals surface area contributed by atoms with E-state index < -0.39 is 12.0 Å². The van der Waals surface area contributed by atoms with Gasteiger partial charge in [0, 0.05) is 31.7 Å². The molecular weight excluding hydrogens is 255 g/mol. The third-order valence-electron chi connectivity index (χ3n) is 3.78. The number of rotatable bonds is 3. The van der Waals surface area contributed by atoms with Crippen molar-refractivity contribution in [1.82, 2.24) is 14.9 Å². The van der Waals surface area contributed by atoms with Gasteiger partial charge >= 0.3 is 6.18 Å². The van der Waals surface area contributed by atoms with E-state index in [0.717, 1.165) is 12.1 Å². The van der Waals surface area contributed by atoms with E-state index in [0.29, 0.717) is 31.7 Å². The molecule has 0 unspecified atom stereocenters. The molecule has 1 aliphatic rings. The minimum absolute atomic E-state index is 0.167. The van der Waals surface area contributed by atoms with Crippen molar-refractivity contribution < 1.29 is 13.2 Å². The van der Waals surface area contributed by atoms with Crippen LogP contribution in [0.25, 0.3) is 0 Å². The molecule has 2 rings (SSSR count). The molecule has 0 fully saturated rings. The van der Waals surface area contributed by atoms with Crippen LogP contribution in [0.2, 0.25) is 0 Å². The molecule has 0 bridgehead atoms. The third-order valence-corrected chi connectivity index (χ3v) is 3.78. The lowest BCUT2D eigenvalue weighted by Gasteiger charge is -2.27. The van der Waals surface area contributed by atoms with Crippen LogP contribution >= 0.6 is 0 Å². The maximum Gasteiger partial charge on any atom is 0.449 e.